The summed E-state index contributed by atoms with van der Waals surface area (Å²) in [6.45, 7) is 2.01. The molecule has 1 aromatic rings. The molecule has 1 aromatic heterocycles. The van der Waals surface area contributed by atoms with Crippen LogP contribution in [0.4, 0.5) is 0 Å². The van der Waals surface area contributed by atoms with Gasteiger partial charge in [0.25, 0.3) is 0 Å². The number of rotatable bonds is 4. The van der Waals surface area contributed by atoms with Crippen LogP contribution in [0.3, 0.4) is 0 Å². The lowest BCUT2D eigenvalue weighted by Crippen LogP contribution is -2.03. The second-order valence-electron chi connectivity index (χ2n) is 3.63. The Morgan fingerprint density at radius 2 is 2.31 bits per heavy atom. The number of hydrogen-bond donors (Lipinski definition) is 1. The third kappa shape index (κ3) is 2.89. The number of carbonyl (C=O) groups is 1. The van der Waals surface area contributed by atoms with Crippen LogP contribution in [0.25, 0.3) is 0 Å². The summed E-state index contributed by atoms with van der Waals surface area (Å²) in [5, 5.41) is 8.96. The minimum atomic E-state index is -0.937. The second kappa shape index (κ2) is 5.55. The Bertz CT molecular complexity index is 394. The van der Waals surface area contributed by atoms with Crippen LogP contribution in [-0.4, -0.2) is 21.8 Å². The highest BCUT2D eigenvalue weighted by Crippen LogP contribution is 2.41. The van der Waals surface area contributed by atoms with Gasteiger partial charge in [-0.2, -0.15) is 0 Å². The predicted octanol–water partition coefficient (Wildman–Crippen LogP) is 3.19. The van der Waals surface area contributed by atoms with Crippen molar-refractivity contribution >= 4 is 30.1 Å². The molecule has 1 heterocycles. The molecule has 2 rings (SSSR count). The molecule has 0 amide bonds. The molecule has 0 radical (unpaired) electrons. The third-order valence-corrected chi connectivity index (χ3v) is 3.34. The van der Waals surface area contributed by atoms with Gasteiger partial charge in [0.1, 0.15) is 0 Å². The average Bonchev–Trinajstić information content (AvgIpc) is 3.01. The molecular weight excluding hydrogens is 246 g/mol. The molecule has 1 aliphatic carbocycles. The molecule has 0 bridgehead atoms. The Hall–Kier alpha value is -0.740. The van der Waals surface area contributed by atoms with Crippen molar-refractivity contribution in [2.75, 3.05) is 5.75 Å². The second-order valence-corrected chi connectivity index (χ2v) is 4.93. The van der Waals surface area contributed by atoms with E-state index in [2.05, 4.69) is 4.98 Å². The molecule has 0 aliphatic heterocycles. The first-order valence-electron chi connectivity index (χ1n) is 5.08. The van der Waals surface area contributed by atoms with Crippen LogP contribution in [0.5, 0.6) is 0 Å². The average molecular weight is 260 g/mol. The van der Waals surface area contributed by atoms with Crippen molar-refractivity contribution in [2.24, 2.45) is 0 Å². The van der Waals surface area contributed by atoms with Crippen molar-refractivity contribution in [1.29, 1.82) is 0 Å². The Kier molecular flexibility index (Phi) is 4.62. The van der Waals surface area contributed by atoms with Gasteiger partial charge in [0.05, 0.1) is 0 Å². The maximum atomic E-state index is 10.9. The number of aromatic nitrogens is 1. The first-order valence-corrected chi connectivity index (χ1v) is 6.07. The third-order valence-electron chi connectivity index (χ3n) is 2.43. The van der Waals surface area contributed by atoms with E-state index in [0.717, 1.165) is 10.6 Å². The summed E-state index contributed by atoms with van der Waals surface area (Å²) in [6.07, 6.45) is 4.13. The molecule has 0 unspecified atom stereocenters. The number of pyridine rings is 1. The molecule has 0 saturated heterocycles. The van der Waals surface area contributed by atoms with Crippen LogP contribution in [-0.2, 0) is 0 Å². The van der Waals surface area contributed by atoms with Gasteiger partial charge in [-0.25, -0.2) is 9.78 Å². The summed E-state index contributed by atoms with van der Waals surface area (Å²) >= 11 is 1.55. The lowest BCUT2D eigenvalue weighted by atomic mass is 10.2. The number of carboxylic acids is 1. The highest BCUT2D eigenvalue weighted by molar-refractivity contribution is 7.99. The topological polar surface area (TPSA) is 50.2 Å². The molecule has 0 spiro atoms. The minimum absolute atomic E-state index is 0. The molecule has 88 valence electrons. The van der Waals surface area contributed by atoms with E-state index >= 15 is 0 Å². The van der Waals surface area contributed by atoms with Crippen LogP contribution >= 0.6 is 24.2 Å². The Balaban J connectivity index is 0.00000128. The molecule has 1 N–H and O–H groups in total. The summed E-state index contributed by atoms with van der Waals surface area (Å²) < 4.78 is 0. The van der Waals surface area contributed by atoms with Gasteiger partial charge in [0, 0.05) is 11.1 Å². The van der Waals surface area contributed by atoms with Gasteiger partial charge in [-0.1, -0.05) is 6.92 Å². The Morgan fingerprint density at radius 1 is 1.62 bits per heavy atom. The van der Waals surface area contributed by atoms with E-state index in [4.69, 9.17) is 5.11 Å². The van der Waals surface area contributed by atoms with Gasteiger partial charge in [-0.3, -0.25) is 0 Å². The molecule has 1 aliphatic rings. The fourth-order valence-electron chi connectivity index (χ4n) is 1.53. The van der Waals surface area contributed by atoms with Crippen molar-refractivity contribution in [3.8, 4) is 0 Å². The van der Waals surface area contributed by atoms with E-state index in [-0.39, 0.29) is 18.1 Å². The normalized spacial score (nSPS) is 14.3. The first kappa shape index (κ1) is 13.3. The molecule has 0 aromatic carbocycles. The van der Waals surface area contributed by atoms with E-state index < -0.39 is 5.97 Å². The molecule has 16 heavy (non-hydrogen) atoms. The summed E-state index contributed by atoms with van der Waals surface area (Å²) in [7, 11) is 0. The molecular formula is C11H14ClNO2S. The molecule has 5 heteroatoms. The van der Waals surface area contributed by atoms with Crippen molar-refractivity contribution in [3.63, 3.8) is 0 Å². The van der Waals surface area contributed by atoms with Crippen LogP contribution in [0.2, 0.25) is 0 Å². The van der Waals surface area contributed by atoms with E-state index in [1.807, 2.05) is 13.0 Å². The lowest BCUT2D eigenvalue weighted by Gasteiger charge is -2.05. The number of carboxylic acid groups (broad SMARTS) is 1. The number of thioether (sulfide) groups is 1. The first-order chi connectivity index (χ1) is 7.22. The molecule has 0 atom stereocenters. The van der Waals surface area contributed by atoms with Gasteiger partial charge >= 0.3 is 5.97 Å². The maximum Gasteiger partial charge on any atom is 0.355 e. The van der Waals surface area contributed by atoms with E-state index in [1.54, 1.807) is 18.0 Å². The van der Waals surface area contributed by atoms with Crippen molar-refractivity contribution in [1.82, 2.24) is 4.98 Å². The van der Waals surface area contributed by atoms with Gasteiger partial charge < -0.3 is 5.11 Å². The van der Waals surface area contributed by atoms with Crippen LogP contribution < -0.4 is 0 Å². The molecule has 1 fully saturated rings. The Morgan fingerprint density at radius 3 is 2.81 bits per heavy atom. The van der Waals surface area contributed by atoms with Crippen molar-refractivity contribution < 1.29 is 9.90 Å². The highest BCUT2D eigenvalue weighted by Gasteiger charge is 2.25. The van der Waals surface area contributed by atoms with E-state index in [0.29, 0.717) is 5.92 Å². The largest absolute Gasteiger partial charge is 0.476 e. The zero-order chi connectivity index (χ0) is 10.8. The summed E-state index contributed by atoms with van der Waals surface area (Å²) in [5.74, 6) is 0.556. The van der Waals surface area contributed by atoms with Crippen LogP contribution in [0.15, 0.2) is 17.2 Å². The monoisotopic (exact) mass is 259 g/mol. The van der Waals surface area contributed by atoms with Gasteiger partial charge in [0.15, 0.2) is 5.69 Å². The standard InChI is InChI=1S/C11H13NO2S.ClH/c1-2-15-9-5-8(7-3-4-7)6-12-10(9)11(13)14;/h5-7H,2-4H2,1H3,(H,13,14);1H. The molecule has 3 nitrogen and oxygen atoms in total. The van der Waals surface area contributed by atoms with E-state index in [1.165, 1.54) is 18.4 Å². The minimum Gasteiger partial charge on any atom is -0.476 e. The Labute approximate surface area is 105 Å². The van der Waals surface area contributed by atoms with Gasteiger partial charge in [-0.05, 0) is 36.1 Å². The quantitative estimate of drug-likeness (QED) is 0.844. The smallest absolute Gasteiger partial charge is 0.355 e. The van der Waals surface area contributed by atoms with Crippen LogP contribution in [0.1, 0.15) is 41.7 Å². The number of nitrogens with zero attached hydrogens (tertiary/aromatic N) is 1. The van der Waals surface area contributed by atoms with Crippen LogP contribution in [0, 0.1) is 0 Å². The predicted molar refractivity (Wildman–Crippen MR) is 66.8 cm³/mol. The summed E-state index contributed by atoms with van der Waals surface area (Å²) in [4.78, 5) is 15.8. The number of aromatic carboxylic acids is 1. The fourth-order valence-corrected chi connectivity index (χ4v) is 2.33. The zero-order valence-electron chi connectivity index (χ0n) is 8.97. The number of halogens is 1. The maximum absolute atomic E-state index is 10.9. The van der Waals surface area contributed by atoms with Gasteiger partial charge in [-0.15, -0.1) is 24.2 Å². The van der Waals surface area contributed by atoms with E-state index in [9.17, 15) is 4.79 Å². The highest BCUT2D eigenvalue weighted by atomic mass is 35.5. The summed E-state index contributed by atoms with van der Waals surface area (Å²) in [6, 6.07) is 1.99. The molecule has 1 saturated carbocycles. The zero-order valence-corrected chi connectivity index (χ0v) is 10.6. The number of hydrogen-bond acceptors (Lipinski definition) is 3. The van der Waals surface area contributed by atoms with Crippen molar-refractivity contribution in [2.45, 2.75) is 30.6 Å². The summed E-state index contributed by atoms with van der Waals surface area (Å²) in [5.41, 5.74) is 1.38. The van der Waals surface area contributed by atoms with Gasteiger partial charge in [0.2, 0.25) is 0 Å². The fraction of sp³-hybridized carbons (Fsp3) is 0.455. The SMILES string of the molecule is CCSc1cc(C2CC2)cnc1C(=O)O.Cl. The van der Waals surface area contributed by atoms with Crippen molar-refractivity contribution in [3.05, 3.63) is 23.5 Å². The lowest BCUT2D eigenvalue weighted by molar-refractivity contribution is 0.0686.